The number of methoxy groups -OCH3 is 2. The van der Waals surface area contributed by atoms with Crippen LogP contribution < -0.4 is 4.74 Å². The monoisotopic (exact) mass is 331 g/mol. The van der Waals surface area contributed by atoms with Gasteiger partial charge >= 0.3 is 5.97 Å². The van der Waals surface area contributed by atoms with Gasteiger partial charge in [0.2, 0.25) is 0 Å². The minimum Gasteiger partial charge on any atom is -0.497 e. The second kappa shape index (κ2) is 6.61. The van der Waals surface area contributed by atoms with E-state index in [0.717, 1.165) is 11.4 Å². The van der Waals surface area contributed by atoms with Crippen LogP contribution in [0.1, 0.15) is 0 Å². The van der Waals surface area contributed by atoms with E-state index >= 15 is 0 Å². The predicted molar refractivity (Wildman–Crippen MR) is 83.7 cm³/mol. The molecule has 3 rings (SSSR count). The van der Waals surface area contributed by atoms with Crippen LogP contribution in [0.2, 0.25) is 0 Å². The summed E-state index contributed by atoms with van der Waals surface area (Å²) >= 11 is 1.24. The fraction of sp³-hybridized carbons (Fsp3) is 0.214. The van der Waals surface area contributed by atoms with Gasteiger partial charge in [-0.3, -0.25) is 4.79 Å². The SMILES string of the molecule is COC(=O)CSc1ncnc2c1nnn2-c1ccc(OC)cc1. The first-order valence-electron chi connectivity index (χ1n) is 6.63. The zero-order valence-electron chi connectivity index (χ0n) is 12.5. The summed E-state index contributed by atoms with van der Waals surface area (Å²) in [5.74, 6) is 0.573. The van der Waals surface area contributed by atoms with Gasteiger partial charge in [-0.25, -0.2) is 9.97 Å². The predicted octanol–water partition coefficient (Wildman–Crippen LogP) is 1.48. The average molecular weight is 331 g/mol. The maximum absolute atomic E-state index is 11.3. The number of carbonyl (C=O) groups excluding carboxylic acids is 1. The number of esters is 1. The third-order valence-corrected chi connectivity index (χ3v) is 4.03. The molecule has 3 aromatic rings. The molecule has 0 N–H and O–H groups in total. The lowest BCUT2D eigenvalue weighted by molar-refractivity contribution is -0.137. The normalized spacial score (nSPS) is 10.7. The lowest BCUT2D eigenvalue weighted by Crippen LogP contribution is -2.03. The number of carbonyl (C=O) groups is 1. The molecule has 0 bridgehead atoms. The zero-order valence-corrected chi connectivity index (χ0v) is 13.3. The molecule has 0 spiro atoms. The van der Waals surface area contributed by atoms with Crippen LogP contribution in [0.4, 0.5) is 0 Å². The third-order valence-electron chi connectivity index (χ3n) is 3.08. The molecule has 0 aliphatic carbocycles. The van der Waals surface area contributed by atoms with Crippen LogP contribution >= 0.6 is 11.8 Å². The summed E-state index contributed by atoms with van der Waals surface area (Å²) < 4.78 is 11.4. The summed E-state index contributed by atoms with van der Waals surface area (Å²) in [5.41, 5.74) is 1.91. The Kier molecular flexibility index (Phi) is 4.38. The van der Waals surface area contributed by atoms with Gasteiger partial charge in [-0.2, -0.15) is 4.68 Å². The van der Waals surface area contributed by atoms with Crippen LogP contribution in [-0.2, 0) is 9.53 Å². The van der Waals surface area contributed by atoms with Crippen molar-refractivity contribution in [2.75, 3.05) is 20.0 Å². The van der Waals surface area contributed by atoms with Crippen molar-refractivity contribution < 1.29 is 14.3 Å². The summed E-state index contributed by atoms with van der Waals surface area (Å²) in [6.45, 7) is 0. The molecule has 8 nitrogen and oxygen atoms in total. The van der Waals surface area contributed by atoms with Crippen molar-refractivity contribution in [3.63, 3.8) is 0 Å². The Hall–Kier alpha value is -2.68. The quantitative estimate of drug-likeness (QED) is 0.394. The fourth-order valence-electron chi connectivity index (χ4n) is 1.92. The lowest BCUT2D eigenvalue weighted by atomic mass is 10.3. The Bertz CT molecular complexity index is 834. The molecule has 0 radical (unpaired) electrons. The van der Waals surface area contributed by atoms with Crippen LogP contribution in [0.25, 0.3) is 16.9 Å². The highest BCUT2D eigenvalue weighted by atomic mass is 32.2. The molecule has 0 saturated heterocycles. The summed E-state index contributed by atoms with van der Waals surface area (Å²) in [5, 5.41) is 8.83. The van der Waals surface area contributed by atoms with E-state index in [1.807, 2.05) is 24.3 Å². The molecule has 1 aromatic carbocycles. The van der Waals surface area contributed by atoms with Crippen molar-refractivity contribution in [3.8, 4) is 11.4 Å². The topological polar surface area (TPSA) is 92.0 Å². The third kappa shape index (κ3) is 3.09. The van der Waals surface area contributed by atoms with Gasteiger partial charge in [0.25, 0.3) is 0 Å². The second-order valence-electron chi connectivity index (χ2n) is 4.42. The van der Waals surface area contributed by atoms with Crippen molar-refractivity contribution in [3.05, 3.63) is 30.6 Å². The van der Waals surface area contributed by atoms with E-state index in [-0.39, 0.29) is 11.7 Å². The molecule has 0 atom stereocenters. The van der Waals surface area contributed by atoms with Gasteiger partial charge in [0.05, 0.1) is 25.7 Å². The Balaban J connectivity index is 1.95. The number of hydrogen-bond donors (Lipinski definition) is 0. The van der Waals surface area contributed by atoms with Crippen LogP contribution in [0, 0.1) is 0 Å². The molecule has 2 heterocycles. The van der Waals surface area contributed by atoms with Gasteiger partial charge in [-0.1, -0.05) is 17.0 Å². The second-order valence-corrected chi connectivity index (χ2v) is 5.38. The van der Waals surface area contributed by atoms with Gasteiger partial charge < -0.3 is 9.47 Å². The zero-order chi connectivity index (χ0) is 16.2. The summed E-state index contributed by atoms with van der Waals surface area (Å²) in [6, 6.07) is 7.38. The number of nitrogens with zero attached hydrogens (tertiary/aromatic N) is 5. The number of thioether (sulfide) groups is 1. The number of ether oxygens (including phenoxy) is 2. The van der Waals surface area contributed by atoms with Crippen molar-refractivity contribution in [2.24, 2.45) is 0 Å². The van der Waals surface area contributed by atoms with Crippen molar-refractivity contribution in [1.29, 1.82) is 0 Å². The first-order valence-corrected chi connectivity index (χ1v) is 7.62. The molecule has 9 heteroatoms. The molecule has 0 amide bonds. The van der Waals surface area contributed by atoms with E-state index in [1.54, 1.807) is 11.8 Å². The van der Waals surface area contributed by atoms with E-state index in [2.05, 4.69) is 25.0 Å². The van der Waals surface area contributed by atoms with E-state index in [1.165, 1.54) is 25.2 Å². The van der Waals surface area contributed by atoms with E-state index in [0.29, 0.717) is 16.2 Å². The molecule has 2 aromatic heterocycles. The van der Waals surface area contributed by atoms with Gasteiger partial charge in [0, 0.05) is 0 Å². The fourth-order valence-corrected chi connectivity index (χ4v) is 2.68. The molecular weight excluding hydrogens is 318 g/mol. The molecule has 0 unspecified atom stereocenters. The van der Waals surface area contributed by atoms with E-state index in [9.17, 15) is 4.79 Å². The molecule has 0 aliphatic heterocycles. The highest BCUT2D eigenvalue weighted by molar-refractivity contribution is 8.00. The largest absolute Gasteiger partial charge is 0.497 e. The standard InChI is InChI=1S/C14H13N5O3S/c1-21-10-5-3-9(4-6-10)19-13-12(17-18-19)14(16-8-15-13)23-7-11(20)22-2/h3-6,8H,7H2,1-2H3. The van der Waals surface area contributed by atoms with Crippen LogP contribution in [0.3, 0.4) is 0 Å². The maximum Gasteiger partial charge on any atom is 0.316 e. The number of fused-ring (bicyclic) bond motifs is 1. The number of rotatable bonds is 5. The van der Waals surface area contributed by atoms with Crippen LogP contribution in [0.5, 0.6) is 5.75 Å². The molecule has 23 heavy (non-hydrogen) atoms. The highest BCUT2D eigenvalue weighted by Crippen LogP contribution is 2.24. The van der Waals surface area contributed by atoms with Gasteiger partial charge in [0.1, 0.15) is 17.1 Å². The number of benzene rings is 1. The highest BCUT2D eigenvalue weighted by Gasteiger charge is 2.14. The molecule has 118 valence electrons. The van der Waals surface area contributed by atoms with E-state index < -0.39 is 0 Å². The van der Waals surface area contributed by atoms with Gasteiger partial charge in [0.15, 0.2) is 11.2 Å². The van der Waals surface area contributed by atoms with Gasteiger partial charge in [-0.05, 0) is 24.3 Å². The minimum atomic E-state index is -0.329. The first kappa shape index (κ1) is 15.2. The summed E-state index contributed by atoms with van der Waals surface area (Å²) in [6.07, 6.45) is 1.42. The molecule has 0 aliphatic rings. The first-order chi connectivity index (χ1) is 11.2. The lowest BCUT2D eigenvalue weighted by Gasteiger charge is -2.04. The molecule has 0 saturated carbocycles. The molecular formula is C14H13N5O3S. The minimum absolute atomic E-state index is 0.151. The van der Waals surface area contributed by atoms with Crippen molar-refractivity contribution in [1.82, 2.24) is 25.0 Å². The smallest absolute Gasteiger partial charge is 0.316 e. The van der Waals surface area contributed by atoms with Crippen molar-refractivity contribution >= 4 is 28.9 Å². The Morgan fingerprint density at radius 2 is 2.00 bits per heavy atom. The summed E-state index contributed by atoms with van der Waals surface area (Å²) in [7, 11) is 2.95. The van der Waals surface area contributed by atoms with E-state index in [4.69, 9.17) is 4.74 Å². The molecule has 0 fully saturated rings. The van der Waals surface area contributed by atoms with Crippen LogP contribution in [0.15, 0.2) is 35.6 Å². The van der Waals surface area contributed by atoms with Crippen LogP contribution in [-0.4, -0.2) is 50.9 Å². The maximum atomic E-state index is 11.3. The number of hydrogen-bond acceptors (Lipinski definition) is 8. The number of aromatic nitrogens is 5. The Labute approximate surface area is 135 Å². The summed E-state index contributed by atoms with van der Waals surface area (Å²) in [4.78, 5) is 19.7. The van der Waals surface area contributed by atoms with Crippen molar-refractivity contribution in [2.45, 2.75) is 5.03 Å². The Morgan fingerprint density at radius 1 is 1.22 bits per heavy atom. The van der Waals surface area contributed by atoms with Gasteiger partial charge in [-0.15, -0.1) is 5.10 Å². The average Bonchev–Trinajstić information content (AvgIpc) is 3.04. The Morgan fingerprint density at radius 3 is 2.70 bits per heavy atom.